The van der Waals surface area contributed by atoms with E-state index in [1.54, 1.807) is 16.8 Å². The van der Waals surface area contributed by atoms with Gasteiger partial charge in [0.05, 0.1) is 18.7 Å². The van der Waals surface area contributed by atoms with Crippen molar-refractivity contribution in [1.82, 2.24) is 9.78 Å². The summed E-state index contributed by atoms with van der Waals surface area (Å²) in [6.07, 6.45) is 0.287. The Balaban J connectivity index is 2.14. The Morgan fingerprint density at radius 1 is 1.53 bits per heavy atom. The highest BCUT2D eigenvalue weighted by molar-refractivity contribution is 5.94. The van der Waals surface area contributed by atoms with Crippen molar-refractivity contribution in [1.29, 1.82) is 0 Å². The minimum atomic E-state index is -0.0623. The molecule has 5 heteroatoms. The number of aryl methyl sites for hydroxylation is 2. The third-order valence-electron chi connectivity index (χ3n) is 2.58. The number of hydrogen-bond donors (Lipinski definition) is 1. The molecule has 0 aliphatic carbocycles. The van der Waals surface area contributed by atoms with Crippen LogP contribution in [0, 0.1) is 6.92 Å². The van der Waals surface area contributed by atoms with E-state index in [9.17, 15) is 4.79 Å². The topological polar surface area (TPSA) is 74.1 Å². The van der Waals surface area contributed by atoms with Crippen LogP contribution in [0.5, 0.6) is 0 Å². The highest BCUT2D eigenvalue weighted by Crippen LogP contribution is 2.12. The molecule has 0 radical (unpaired) electrons. The predicted octanol–water partition coefficient (Wildman–Crippen LogP) is 1.21. The minimum Gasteiger partial charge on any atom is -0.457 e. The second kappa shape index (κ2) is 4.55. The molecule has 0 spiro atoms. The number of carbonyl (C=O) groups is 1. The number of furan rings is 1. The van der Waals surface area contributed by atoms with Crippen molar-refractivity contribution in [3.8, 4) is 0 Å². The van der Waals surface area contributed by atoms with E-state index in [0.29, 0.717) is 18.1 Å². The molecule has 0 aliphatic heterocycles. The molecule has 0 fully saturated rings. The summed E-state index contributed by atoms with van der Waals surface area (Å²) in [5.41, 5.74) is 7.20. The van der Waals surface area contributed by atoms with Gasteiger partial charge in [-0.1, -0.05) is 0 Å². The number of hydrogen-bond acceptors (Lipinski definition) is 4. The van der Waals surface area contributed by atoms with Crippen molar-refractivity contribution in [3.05, 3.63) is 41.1 Å². The second-order valence-electron chi connectivity index (χ2n) is 3.97. The van der Waals surface area contributed by atoms with E-state index in [1.165, 1.54) is 0 Å². The summed E-state index contributed by atoms with van der Waals surface area (Å²) in [6.45, 7) is 2.20. The molecule has 5 nitrogen and oxygen atoms in total. The predicted molar refractivity (Wildman–Crippen MR) is 62.6 cm³/mol. The van der Waals surface area contributed by atoms with Crippen LogP contribution in [0.4, 0.5) is 0 Å². The first-order valence-electron chi connectivity index (χ1n) is 5.41. The Bertz CT molecular complexity index is 540. The molecule has 0 saturated heterocycles. The van der Waals surface area contributed by atoms with Crippen LogP contribution in [-0.4, -0.2) is 15.6 Å². The van der Waals surface area contributed by atoms with Gasteiger partial charge in [0.15, 0.2) is 5.76 Å². The van der Waals surface area contributed by atoms with Crippen molar-refractivity contribution >= 4 is 5.78 Å². The highest BCUT2D eigenvalue weighted by Gasteiger charge is 2.14. The van der Waals surface area contributed by atoms with Crippen LogP contribution in [0.25, 0.3) is 0 Å². The van der Waals surface area contributed by atoms with Crippen LogP contribution in [-0.2, 0) is 20.0 Å². The van der Waals surface area contributed by atoms with Crippen LogP contribution in [0.3, 0.4) is 0 Å². The van der Waals surface area contributed by atoms with Gasteiger partial charge in [0.2, 0.25) is 5.78 Å². The lowest BCUT2D eigenvalue weighted by atomic mass is 10.2. The fourth-order valence-electron chi connectivity index (χ4n) is 1.72. The largest absolute Gasteiger partial charge is 0.457 e. The summed E-state index contributed by atoms with van der Waals surface area (Å²) in [5.74, 6) is 0.909. The van der Waals surface area contributed by atoms with Crippen molar-refractivity contribution in [2.24, 2.45) is 12.8 Å². The first kappa shape index (κ1) is 11.6. The zero-order valence-corrected chi connectivity index (χ0v) is 9.93. The van der Waals surface area contributed by atoms with Gasteiger partial charge in [-0.05, 0) is 25.1 Å². The van der Waals surface area contributed by atoms with Crippen LogP contribution < -0.4 is 5.73 Å². The monoisotopic (exact) mass is 233 g/mol. The summed E-state index contributed by atoms with van der Waals surface area (Å²) >= 11 is 0. The molecule has 0 saturated carbocycles. The van der Waals surface area contributed by atoms with Crippen molar-refractivity contribution < 1.29 is 9.21 Å². The van der Waals surface area contributed by atoms with Gasteiger partial charge < -0.3 is 10.2 Å². The lowest BCUT2D eigenvalue weighted by molar-refractivity contribution is 0.0962. The summed E-state index contributed by atoms with van der Waals surface area (Å²) in [5, 5.41) is 4.19. The fraction of sp³-hybridized carbons (Fsp3) is 0.333. The summed E-state index contributed by atoms with van der Waals surface area (Å²) in [4.78, 5) is 11.9. The highest BCUT2D eigenvalue weighted by atomic mass is 16.3. The smallest absolute Gasteiger partial charge is 0.203 e. The van der Waals surface area contributed by atoms with Crippen molar-refractivity contribution in [2.75, 3.05) is 0 Å². The van der Waals surface area contributed by atoms with Crippen LogP contribution in [0.15, 0.2) is 22.6 Å². The standard InChI is InChI=1S/C12H15N3O2/c1-8-5-9(15(2)14-8)6-11(16)12-4-3-10(7-13)17-12/h3-5H,6-7,13H2,1-2H3. The van der Waals surface area contributed by atoms with Gasteiger partial charge >= 0.3 is 0 Å². The molecule has 90 valence electrons. The average Bonchev–Trinajstić information content (AvgIpc) is 2.86. The van der Waals surface area contributed by atoms with E-state index in [-0.39, 0.29) is 12.2 Å². The number of nitrogens with zero attached hydrogens (tertiary/aromatic N) is 2. The van der Waals surface area contributed by atoms with Gasteiger partial charge in [-0.3, -0.25) is 9.48 Å². The Morgan fingerprint density at radius 3 is 2.82 bits per heavy atom. The van der Waals surface area contributed by atoms with Crippen LogP contribution in [0.1, 0.15) is 27.7 Å². The molecule has 17 heavy (non-hydrogen) atoms. The molecule has 0 amide bonds. The Labute approximate surface area is 99.2 Å². The van der Waals surface area contributed by atoms with Gasteiger partial charge in [0.1, 0.15) is 5.76 Å². The molecule has 0 unspecified atom stereocenters. The number of ketones is 1. The Morgan fingerprint density at radius 2 is 2.29 bits per heavy atom. The van der Waals surface area contributed by atoms with E-state index >= 15 is 0 Å². The molecule has 2 aromatic rings. The SMILES string of the molecule is Cc1cc(CC(=O)c2ccc(CN)o2)n(C)n1. The molecule has 0 atom stereocenters. The fourth-order valence-corrected chi connectivity index (χ4v) is 1.72. The molecule has 0 bridgehead atoms. The van der Waals surface area contributed by atoms with E-state index in [2.05, 4.69) is 5.10 Å². The maximum atomic E-state index is 11.9. The minimum absolute atomic E-state index is 0.0623. The Kier molecular flexibility index (Phi) is 3.10. The lowest BCUT2D eigenvalue weighted by Crippen LogP contribution is -2.07. The number of Topliss-reactive ketones (excluding diaryl/α,β-unsaturated/α-hetero) is 1. The van der Waals surface area contributed by atoms with E-state index in [1.807, 2.05) is 20.0 Å². The number of nitrogens with two attached hydrogens (primary N) is 1. The molecule has 2 rings (SSSR count). The van der Waals surface area contributed by atoms with Crippen LogP contribution in [0.2, 0.25) is 0 Å². The number of aromatic nitrogens is 2. The van der Waals surface area contributed by atoms with E-state index in [4.69, 9.17) is 10.2 Å². The molecule has 2 heterocycles. The third kappa shape index (κ3) is 2.45. The zero-order chi connectivity index (χ0) is 12.4. The second-order valence-corrected chi connectivity index (χ2v) is 3.97. The molecule has 0 aromatic carbocycles. The summed E-state index contributed by atoms with van der Waals surface area (Å²) < 4.78 is 7.02. The van der Waals surface area contributed by atoms with E-state index < -0.39 is 0 Å². The molecule has 2 N–H and O–H groups in total. The van der Waals surface area contributed by atoms with Gasteiger partial charge in [0, 0.05) is 12.7 Å². The third-order valence-corrected chi connectivity index (χ3v) is 2.58. The molecule has 2 aromatic heterocycles. The van der Waals surface area contributed by atoms with Crippen LogP contribution >= 0.6 is 0 Å². The normalized spacial score (nSPS) is 10.8. The van der Waals surface area contributed by atoms with Gasteiger partial charge in [0.25, 0.3) is 0 Å². The van der Waals surface area contributed by atoms with Gasteiger partial charge in [-0.2, -0.15) is 5.10 Å². The molecular weight excluding hydrogens is 218 g/mol. The first-order chi connectivity index (χ1) is 8.10. The zero-order valence-electron chi connectivity index (χ0n) is 9.93. The summed E-state index contributed by atoms with van der Waals surface area (Å²) in [7, 11) is 1.82. The van der Waals surface area contributed by atoms with Gasteiger partial charge in [-0.15, -0.1) is 0 Å². The molecule has 0 aliphatic rings. The maximum absolute atomic E-state index is 11.9. The maximum Gasteiger partial charge on any atom is 0.203 e. The average molecular weight is 233 g/mol. The van der Waals surface area contributed by atoms with Crippen molar-refractivity contribution in [2.45, 2.75) is 19.9 Å². The lowest BCUT2D eigenvalue weighted by Gasteiger charge is -1.99. The van der Waals surface area contributed by atoms with Gasteiger partial charge in [-0.25, -0.2) is 0 Å². The quantitative estimate of drug-likeness (QED) is 0.805. The Hall–Kier alpha value is -1.88. The van der Waals surface area contributed by atoms with Crippen molar-refractivity contribution in [3.63, 3.8) is 0 Å². The number of carbonyl (C=O) groups excluding carboxylic acids is 1. The summed E-state index contributed by atoms with van der Waals surface area (Å²) in [6, 6.07) is 5.28. The first-order valence-corrected chi connectivity index (χ1v) is 5.41. The van der Waals surface area contributed by atoms with E-state index in [0.717, 1.165) is 11.4 Å². The number of rotatable bonds is 4. The molecular formula is C12H15N3O2.